The highest BCUT2D eigenvalue weighted by molar-refractivity contribution is 6.31. The van der Waals surface area contributed by atoms with E-state index in [1.807, 2.05) is 0 Å². The molecule has 0 radical (unpaired) electrons. The lowest BCUT2D eigenvalue weighted by Crippen LogP contribution is -2.52. The van der Waals surface area contributed by atoms with Crippen molar-refractivity contribution in [2.75, 3.05) is 0 Å². The zero-order valence-corrected chi connectivity index (χ0v) is 17.6. The number of halogens is 1. The molecular formula is C23H18ClN3O5. The molecule has 2 aromatic rings. The Balaban J connectivity index is 1.37. The first-order valence-electron chi connectivity index (χ1n) is 10.2. The minimum Gasteiger partial charge on any atom is -0.322 e. The molecule has 3 aliphatic rings. The van der Waals surface area contributed by atoms with E-state index in [0.717, 1.165) is 5.56 Å². The normalized spacial score (nSPS) is 20.4. The second-order valence-electron chi connectivity index (χ2n) is 8.15. The summed E-state index contributed by atoms with van der Waals surface area (Å²) in [6.45, 7) is 0.304. The Morgan fingerprint density at radius 2 is 1.75 bits per heavy atom. The highest BCUT2D eigenvalue weighted by Crippen LogP contribution is 2.30. The zero-order valence-electron chi connectivity index (χ0n) is 16.9. The van der Waals surface area contributed by atoms with Gasteiger partial charge in [-0.05, 0) is 41.3 Å². The maximum Gasteiger partial charge on any atom is 0.261 e. The van der Waals surface area contributed by atoms with Gasteiger partial charge < -0.3 is 4.90 Å². The molecular weight excluding hydrogens is 434 g/mol. The monoisotopic (exact) mass is 451 g/mol. The van der Waals surface area contributed by atoms with Crippen LogP contribution in [0.2, 0.25) is 5.02 Å². The highest BCUT2D eigenvalue weighted by Gasteiger charge is 2.39. The second-order valence-corrected chi connectivity index (χ2v) is 8.59. The van der Waals surface area contributed by atoms with Crippen molar-refractivity contribution in [2.45, 2.75) is 38.4 Å². The molecule has 0 bridgehead atoms. The summed E-state index contributed by atoms with van der Waals surface area (Å²) in [6.07, 6.45) is 0.591. The molecule has 5 rings (SSSR count). The summed E-state index contributed by atoms with van der Waals surface area (Å²) in [4.78, 5) is 64.6. The predicted molar refractivity (Wildman–Crippen MR) is 113 cm³/mol. The van der Waals surface area contributed by atoms with Crippen molar-refractivity contribution in [3.8, 4) is 0 Å². The quantitative estimate of drug-likeness (QED) is 0.717. The number of carbonyl (C=O) groups excluding carboxylic acids is 5. The topological polar surface area (TPSA) is 104 Å². The Hall–Kier alpha value is -3.52. The van der Waals surface area contributed by atoms with Crippen LogP contribution in [0.1, 0.15) is 50.2 Å². The second kappa shape index (κ2) is 7.56. The van der Waals surface area contributed by atoms with E-state index in [1.165, 1.54) is 9.80 Å². The smallest absolute Gasteiger partial charge is 0.261 e. The van der Waals surface area contributed by atoms with E-state index < -0.39 is 17.9 Å². The third-order valence-electron chi connectivity index (χ3n) is 6.12. The Morgan fingerprint density at radius 1 is 0.938 bits per heavy atom. The number of rotatable bonds is 3. The molecule has 1 N–H and O–H groups in total. The summed E-state index contributed by atoms with van der Waals surface area (Å²) in [5, 5.41) is 2.70. The number of nitrogens with one attached hydrogen (secondary N) is 1. The van der Waals surface area contributed by atoms with Crippen LogP contribution < -0.4 is 5.32 Å². The first-order valence-corrected chi connectivity index (χ1v) is 10.6. The fourth-order valence-electron chi connectivity index (χ4n) is 4.49. The predicted octanol–water partition coefficient (Wildman–Crippen LogP) is 1.83. The van der Waals surface area contributed by atoms with Crippen molar-refractivity contribution in [3.63, 3.8) is 0 Å². The molecule has 1 fully saturated rings. The number of nitrogens with zero attached hydrogens (tertiary/aromatic N) is 2. The molecule has 32 heavy (non-hydrogen) atoms. The maximum absolute atomic E-state index is 12.9. The SMILES string of the molecule is O=C1CCC(N2Cc3cc(CN4C(=O)Cc5ccc(Cl)cc5C4=O)ccc3C2=O)C(=O)N1. The first kappa shape index (κ1) is 20.4. The lowest BCUT2D eigenvalue weighted by molar-refractivity contribution is -0.137. The molecule has 0 aromatic heterocycles. The van der Waals surface area contributed by atoms with Crippen LogP contribution in [0, 0.1) is 0 Å². The molecule has 2 aromatic carbocycles. The summed E-state index contributed by atoms with van der Waals surface area (Å²) in [6, 6.07) is 9.37. The van der Waals surface area contributed by atoms with Crippen molar-refractivity contribution in [1.82, 2.24) is 15.1 Å². The summed E-state index contributed by atoms with van der Waals surface area (Å²) in [7, 11) is 0. The molecule has 1 atom stereocenters. The van der Waals surface area contributed by atoms with Gasteiger partial charge in [-0.25, -0.2) is 0 Å². The lowest BCUT2D eigenvalue weighted by atomic mass is 9.97. The number of piperidine rings is 1. The number of benzene rings is 2. The van der Waals surface area contributed by atoms with Gasteiger partial charge in [-0.2, -0.15) is 0 Å². The number of carbonyl (C=O) groups is 5. The van der Waals surface area contributed by atoms with Gasteiger partial charge in [0.1, 0.15) is 6.04 Å². The third-order valence-corrected chi connectivity index (χ3v) is 6.35. The third kappa shape index (κ3) is 3.36. The number of hydrogen-bond donors (Lipinski definition) is 1. The summed E-state index contributed by atoms with van der Waals surface area (Å²) >= 11 is 6.02. The minimum absolute atomic E-state index is 0.0729. The molecule has 0 aliphatic carbocycles. The van der Waals surface area contributed by atoms with E-state index in [0.29, 0.717) is 27.3 Å². The molecule has 1 unspecified atom stereocenters. The number of amides is 5. The number of hydrogen-bond acceptors (Lipinski definition) is 5. The Kier molecular flexibility index (Phi) is 4.82. The van der Waals surface area contributed by atoms with Gasteiger partial charge in [-0.3, -0.25) is 34.2 Å². The van der Waals surface area contributed by atoms with E-state index in [-0.39, 0.29) is 50.1 Å². The van der Waals surface area contributed by atoms with Gasteiger partial charge in [-0.1, -0.05) is 29.8 Å². The van der Waals surface area contributed by atoms with E-state index in [9.17, 15) is 24.0 Å². The van der Waals surface area contributed by atoms with Crippen molar-refractivity contribution in [3.05, 3.63) is 69.2 Å². The van der Waals surface area contributed by atoms with Crippen LogP contribution in [0.5, 0.6) is 0 Å². The van der Waals surface area contributed by atoms with Gasteiger partial charge in [0.15, 0.2) is 0 Å². The fourth-order valence-corrected chi connectivity index (χ4v) is 4.66. The molecule has 1 saturated heterocycles. The Morgan fingerprint density at radius 3 is 2.53 bits per heavy atom. The first-order chi connectivity index (χ1) is 15.3. The van der Waals surface area contributed by atoms with Crippen LogP contribution in [-0.2, 0) is 33.9 Å². The van der Waals surface area contributed by atoms with Gasteiger partial charge in [0.25, 0.3) is 11.8 Å². The minimum atomic E-state index is -0.692. The lowest BCUT2D eigenvalue weighted by Gasteiger charge is -2.29. The van der Waals surface area contributed by atoms with Crippen molar-refractivity contribution in [1.29, 1.82) is 0 Å². The largest absolute Gasteiger partial charge is 0.322 e. The summed E-state index contributed by atoms with van der Waals surface area (Å²) in [5.74, 6) is -1.78. The van der Waals surface area contributed by atoms with Crippen molar-refractivity contribution < 1.29 is 24.0 Å². The molecule has 9 heteroatoms. The van der Waals surface area contributed by atoms with Crippen molar-refractivity contribution >= 4 is 41.1 Å². The standard InChI is InChI=1S/C23H18ClN3O5/c24-15-3-2-13-8-20(29)27(23(32)17(13)9-15)10-12-1-4-16-14(7-12)11-26(22(16)31)18-5-6-19(28)25-21(18)30/h1-4,7,9,18H,5-6,8,10-11H2,(H,25,28,30). The zero-order chi connectivity index (χ0) is 22.6. The highest BCUT2D eigenvalue weighted by atomic mass is 35.5. The maximum atomic E-state index is 12.9. The van der Waals surface area contributed by atoms with Crippen LogP contribution in [-0.4, -0.2) is 45.4 Å². The average molecular weight is 452 g/mol. The summed E-state index contributed by atoms with van der Waals surface area (Å²) in [5.41, 5.74) is 2.97. The van der Waals surface area contributed by atoms with Crippen LogP contribution in [0.15, 0.2) is 36.4 Å². The van der Waals surface area contributed by atoms with Gasteiger partial charge in [-0.15, -0.1) is 0 Å². The van der Waals surface area contributed by atoms with Crippen molar-refractivity contribution in [2.24, 2.45) is 0 Å². The van der Waals surface area contributed by atoms with Gasteiger partial charge in [0.2, 0.25) is 17.7 Å². The molecule has 3 aliphatic heterocycles. The van der Waals surface area contributed by atoms with Crippen LogP contribution in [0.3, 0.4) is 0 Å². The van der Waals surface area contributed by atoms with Crippen LogP contribution in [0.25, 0.3) is 0 Å². The number of fused-ring (bicyclic) bond motifs is 2. The average Bonchev–Trinajstić information content (AvgIpc) is 3.07. The van der Waals surface area contributed by atoms with Gasteiger partial charge >= 0.3 is 0 Å². The van der Waals surface area contributed by atoms with E-state index in [2.05, 4.69) is 5.32 Å². The Bertz CT molecular complexity index is 1220. The van der Waals surface area contributed by atoms with Gasteiger partial charge in [0, 0.05) is 29.1 Å². The van der Waals surface area contributed by atoms with Crippen LogP contribution in [0.4, 0.5) is 0 Å². The molecule has 3 heterocycles. The molecule has 162 valence electrons. The number of imide groups is 2. The molecule has 5 amide bonds. The summed E-state index contributed by atoms with van der Waals surface area (Å²) < 4.78 is 0. The fraction of sp³-hybridized carbons (Fsp3) is 0.261. The van der Waals surface area contributed by atoms with Gasteiger partial charge in [0.05, 0.1) is 13.0 Å². The van der Waals surface area contributed by atoms with E-state index in [4.69, 9.17) is 11.6 Å². The van der Waals surface area contributed by atoms with Crippen LogP contribution >= 0.6 is 11.6 Å². The Labute approximate surface area is 188 Å². The molecule has 0 spiro atoms. The molecule has 0 saturated carbocycles. The van der Waals surface area contributed by atoms with E-state index in [1.54, 1.807) is 36.4 Å². The van der Waals surface area contributed by atoms with E-state index >= 15 is 0 Å². The molecule has 8 nitrogen and oxygen atoms in total.